The zero-order chi connectivity index (χ0) is 23.4. The Kier molecular flexibility index (Phi) is 8.06. The van der Waals surface area contributed by atoms with Gasteiger partial charge in [-0.1, -0.05) is 81.4 Å². The first-order chi connectivity index (χ1) is 15.2. The molecule has 0 amide bonds. The van der Waals surface area contributed by atoms with Gasteiger partial charge in [0.25, 0.3) is 8.32 Å². The molecule has 2 aromatic carbocycles. The summed E-state index contributed by atoms with van der Waals surface area (Å²) in [5, 5.41) is 23.4. The van der Waals surface area contributed by atoms with Gasteiger partial charge in [0.15, 0.2) is 0 Å². The number of ether oxygens (including phenoxy) is 1. The summed E-state index contributed by atoms with van der Waals surface area (Å²) >= 11 is 0. The molecule has 1 saturated heterocycles. The fourth-order valence-corrected chi connectivity index (χ4v) is 9.36. The van der Waals surface area contributed by atoms with Gasteiger partial charge in [0.05, 0.1) is 18.8 Å². The maximum absolute atomic E-state index is 11.4. The Morgan fingerprint density at radius 1 is 1.00 bits per heavy atom. The van der Waals surface area contributed by atoms with E-state index in [1.165, 1.54) is 17.3 Å². The van der Waals surface area contributed by atoms with Gasteiger partial charge in [-0.2, -0.15) is 0 Å². The van der Waals surface area contributed by atoms with Gasteiger partial charge in [-0.25, -0.2) is 0 Å². The average Bonchev–Trinajstić information content (AvgIpc) is 2.76. The molecule has 32 heavy (non-hydrogen) atoms. The van der Waals surface area contributed by atoms with Gasteiger partial charge in [-0.05, 0) is 28.8 Å². The molecule has 0 bridgehead atoms. The van der Waals surface area contributed by atoms with Crippen molar-refractivity contribution in [1.29, 1.82) is 0 Å². The Hall–Kier alpha value is -1.83. The van der Waals surface area contributed by atoms with E-state index in [4.69, 9.17) is 9.16 Å². The molecule has 2 N–H and O–H groups in total. The molecule has 0 spiro atoms. The molecule has 0 aromatic heterocycles. The lowest BCUT2D eigenvalue weighted by Gasteiger charge is -2.44. The molecule has 0 radical (unpaired) electrons. The van der Waals surface area contributed by atoms with E-state index in [2.05, 4.69) is 69.3 Å². The first-order valence-corrected chi connectivity index (χ1v) is 13.3. The molecular weight excluding hydrogens is 420 g/mol. The van der Waals surface area contributed by atoms with Crippen LogP contribution in [0.25, 0.3) is 0 Å². The minimum Gasteiger partial charge on any atom is -0.407 e. The predicted octanol–water partition coefficient (Wildman–Crippen LogP) is 2.67. The van der Waals surface area contributed by atoms with Crippen LogP contribution in [-0.4, -0.2) is 55.8 Å². The van der Waals surface area contributed by atoms with E-state index in [1.807, 2.05) is 12.1 Å². The second-order valence-electron chi connectivity index (χ2n) is 9.82. The van der Waals surface area contributed by atoms with Gasteiger partial charge in [-0.3, -0.25) is 4.79 Å². The molecule has 1 heterocycles. The highest BCUT2D eigenvalue weighted by molar-refractivity contribution is 6.99. The largest absolute Gasteiger partial charge is 0.407 e. The van der Waals surface area contributed by atoms with Crippen molar-refractivity contribution in [1.82, 2.24) is 0 Å². The Bertz CT molecular complexity index is 825. The van der Waals surface area contributed by atoms with Crippen LogP contribution in [0, 0.1) is 5.92 Å². The number of benzene rings is 2. The normalized spacial score (nSPS) is 24.3. The molecule has 0 unspecified atom stereocenters. The highest BCUT2D eigenvalue weighted by Gasteiger charge is 2.50. The summed E-state index contributed by atoms with van der Waals surface area (Å²) in [5.41, 5.74) is 0. The van der Waals surface area contributed by atoms with Gasteiger partial charge < -0.3 is 19.4 Å². The summed E-state index contributed by atoms with van der Waals surface area (Å²) in [6.07, 6.45) is -1.96. The molecule has 174 valence electrons. The molecule has 6 heteroatoms. The van der Waals surface area contributed by atoms with Crippen molar-refractivity contribution in [2.24, 2.45) is 5.92 Å². The van der Waals surface area contributed by atoms with E-state index in [9.17, 15) is 15.0 Å². The number of carbonyl (C=O) groups is 1. The van der Waals surface area contributed by atoms with Crippen molar-refractivity contribution in [3.63, 3.8) is 0 Å². The molecular formula is C26H36O5Si. The van der Waals surface area contributed by atoms with Crippen LogP contribution >= 0.6 is 0 Å². The second-order valence-corrected chi connectivity index (χ2v) is 14.1. The third-order valence-corrected chi connectivity index (χ3v) is 11.5. The average molecular weight is 457 g/mol. The third kappa shape index (κ3) is 5.21. The third-order valence-electron chi connectivity index (χ3n) is 6.45. The minimum absolute atomic E-state index is 0.0604. The standard InChI is InChI=1S/C26H36O5Si/c1-19(27)17-23-25(29)24(28)20(18-30-23)15-16-31-32(26(2,3)4,21-11-7-5-8-12-21)22-13-9-6-10-14-22/h5-14,20,23-25,28-29H,15-18H2,1-4H3/t20-,23-,24+,25-/m0/s1. The van der Waals surface area contributed by atoms with Crippen molar-refractivity contribution in [2.75, 3.05) is 13.2 Å². The topological polar surface area (TPSA) is 76.0 Å². The highest BCUT2D eigenvalue weighted by atomic mass is 28.4. The number of hydrogen-bond acceptors (Lipinski definition) is 5. The maximum Gasteiger partial charge on any atom is 0.261 e. The van der Waals surface area contributed by atoms with Crippen LogP contribution in [0.5, 0.6) is 0 Å². The van der Waals surface area contributed by atoms with Crippen LogP contribution in [-0.2, 0) is 14.0 Å². The molecule has 0 aliphatic carbocycles. The van der Waals surface area contributed by atoms with Gasteiger partial charge >= 0.3 is 0 Å². The predicted molar refractivity (Wildman–Crippen MR) is 129 cm³/mol. The van der Waals surface area contributed by atoms with Crippen LogP contribution in [0.1, 0.15) is 40.5 Å². The summed E-state index contributed by atoms with van der Waals surface area (Å²) in [7, 11) is -2.64. The first kappa shape index (κ1) is 24.8. The molecule has 4 atom stereocenters. The molecule has 2 aromatic rings. The lowest BCUT2D eigenvalue weighted by atomic mass is 9.88. The lowest BCUT2D eigenvalue weighted by molar-refractivity contribution is -0.170. The van der Waals surface area contributed by atoms with Gasteiger partial charge in [0.1, 0.15) is 11.9 Å². The quantitative estimate of drug-likeness (QED) is 0.598. The Labute approximate surface area is 192 Å². The fourth-order valence-electron chi connectivity index (χ4n) is 4.79. The number of aliphatic hydroxyl groups is 2. The van der Waals surface area contributed by atoms with E-state index < -0.39 is 26.6 Å². The first-order valence-electron chi connectivity index (χ1n) is 11.4. The van der Waals surface area contributed by atoms with Gasteiger partial charge in [0.2, 0.25) is 0 Å². The van der Waals surface area contributed by atoms with Crippen molar-refractivity contribution in [2.45, 2.75) is 63.9 Å². The maximum atomic E-state index is 11.4. The molecule has 1 aliphatic rings. The summed E-state index contributed by atoms with van der Waals surface area (Å²) in [6, 6.07) is 20.9. The fraction of sp³-hybridized carbons (Fsp3) is 0.500. The smallest absolute Gasteiger partial charge is 0.261 e. The van der Waals surface area contributed by atoms with E-state index in [0.29, 0.717) is 19.6 Å². The SMILES string of the molecule is CC(=O)C[C@@H]1OC[C@H](CCO[Si](c2ccccc2)(c2ccccc2)C(C)(C)C)[C@@H](O)[C@H]1O. The Morgan fingerprint density at radius 2 is 1.53 bits per heavy atom. The number of aliphatic hydroxyl groups excluding tert-OH is 2. The summed E-state index contributed by atoms with van der Waals surface area (Å²) in [4.78, 5) is 11.4. The van der Waals surface area contributed by atoms with Crippen molar-refractivity contribution in [3.8, 4) is 0 Å². The van der Waals surface area contributed by atoms with Gasteiger partial charge in [0, 0.05) is 18.9 Å². The molecule has 3 rings (SSSR count). The lowest BCUT2D eigenvalue weighted by Crippen LogP contribution is -2.66. The van der Waals surface area contributed by atoms with E-state index in [0.717, 1.165) is 0 Å². The zero-order valence-corrected chi connectivity index (χ0v) is 20.5. The summed E-state index contributed by atoms with van der Waals surface area (Å²) in [6.45, 7) is 8.91. The van der Waals surface area contributed by atoms with Crippen LogP contribution < -0.4 is 10.4 Å². The number of ketones is 1. The number of Topliss-reactive ketones (excluding diaryl/α,β-unsaturated/α-hetero) is 1. The summed E-state index contributed by atoms with van der Waals surface area (Å²) < 4.78 is 12.6. The second kappa shape index (κ2) is 10.4. The number of hydrogen-bond donors (Lipinski definition) is 2. The zero-order valence-electron chi connectivity index (χ0n) is 19.5. The highest BCUT2D eigenvalue weighted by Crippen LogP contribution is 2.37. The molecule has 1 aliphatic heterocycles. The van der Waals surface area contributed by atoms with Crippen LogP contribution in [0.2, 0.25) is 5.04 Å². The monoisotopic (exact) mass is 456 g/mol. The Morgan fingerprint density at radius 3 is 2.00 bits per heavy atom. The molecule has 0 saturated carbocycles. The van der Waals surface area contributed by atoms with Gasteiger partial charge in [-0.15, -0.1) is 0 Å². The Balaban J connectivity index is 1.81. The molecule has 1 fully saturated rings. The number of carbonyl (C=O) groups excluding carboxylic acids is 1. The van der Waals surface area contributed by atoms with E-state index in [1.54, 1.807) is 0 Å². The van der Waals surface area contributed by atoms with Crippen LogP contribution in [0.15, 0.2) is 60.7 Å². The van der Waals surface area contributed by atoms with E-state index >= 15 is 0 Å². The van der Waals surface area contributed by atoms with Crippen LogP contribution in [0.4, 0.5) is 0 Å². The van der Waals surface area contributed by atoms with Crippen molar-refractivity contribution in [3.05, 3.63) is 60.7 Å². The van der Waals surface area contributed by atoms with Crippen molar-refractivity contribution < 1.29 is 24.2 Å². The van der Waals surface area contributed by atoms with Crippen molar-refractivity contribution >= 4 is 24.5 Å². The van der Waals surface area contributed by atoms with E-state index in [-0.39, 0.29) is 23.2 Å². The molecule has 5 nitrogen and oxygen atoms in total. The summed E-state index contributed by atoms with van der Waals surface area (Å²) in [5.74, 6) is -0.305. The minimum atomic E-state index is -2.64. The number of rotatable bonds is 8. The van der Waals surface area contributed by atoms with Crippen LogP contribution in [0.3, 0.4) is 0 Å².